The molecule has 2 heterocycles. The fourth-order valence-corrected chi connectivity index (χ4v) is 2.86. The monoisotopic (exact) mass is 207 g/mol. The minimum Gasteiger partial charge on any atom is -0.312 e. The third kappa shape index (κ3) is 2.93. The number of nitrogens with one attached hydrogen (secondary N) is 1. The lowest BCUT2D eigenvalue weighted by atomic mass is 9.94. The van der Waals surface area contributed by atoms with Gasteiger partial charge in [0, 0.05) is 25.6 Å². The van der Waals surface area contributed by atoms with Gasteiger partial charge < -0.3 is 10.2 Å². The molecule has 2 aliphatic heterocycles. The molecular formula is C12H21N3. The Hall–Kier alpha value is -0.590. The SMILES string of the molecule is N#CCCCCN1CC2CCCNC2C1. The summed E-state index contributed by atoms with van der Waals surface area (Å²) in [4.78, 5) is 2.57. The maximum Gasteiger partial charge on any atom is 0.0621 e. The van der Waals surface area contributed by atoms with Gasteiger partial charge in [0.1, 0.15) is 0 Å². The molecule has 0 bridgehead atoms. The summed E-state index contributed by atoms with van der Waals surface area (Å²) in [6.07, 6.45) is 5.73. The summed E-state index contributed by atoms with van der Waals surface area (Å²) in [5, 5.41) is 12.1. The van der Waals surface area contributed by atoms with Crippen LogP contribution >= 0.6 is 0 Å². The van der Waals surface area contributed by atoms with Gasteiger partial charge in [0.2, 0.25) is 0 Å². The molecule has 15 heavy (non-hydrogen) atoms. The number of nitrogens with zero attached hydrogens (tertiary/aromatic N) is 2. The molecule has 0 aromatic carbocycles. The fourth-order valence-electron chi connectivity index (χ4n) is 2.86. The predicted octanol–water partition coefficient (Wildman–Crippen LogP) is 1.36. The van der Waals surface area contributed by atoms with Gasteiger partial charge in [-0.15, -0.1) is 0 Å². The van der Waals surface area contributed by atoms with Crippen LogP contribution in [0.2, 0.25) is 0 Å². The lowest BCUT2D eigenvalue weighted by Crippen LogP contribution is -2.40. The van der Waals surface area contributed by atoms with Crippen LogP contribution in [0.15, 0.2) is 0 Å². The van der Waals surface area contributed by atoms with E-state index in [-0.39, 0.29) is 0 Å². The summed E-state index contributed by atoms with van der Waals surface area (Å²) in [6.45, 7) is 4.92. The summed E-state index contributed by atoms with van der Waals surface area (Å²) in [5.74, 6) is 0.898. The van der Waals surface area contributed by atoms with Crippen molar-refractivity contribution in [1.29, 1.82) is 5.26 Å². The van der Waals surface area contributed by atoms with Crippen LogP contribution < -0.4 is 5.32 Å². The minimum absolute atomic E-state index is 0.721. The highest BCUT2D eigenvalue weighted by molar-refractivity contribution is 4.91. The Morgan fingerprint density at radius 2 is 2.27 bits per heavy atom. The van der Waals surface area contributed by atoms with E-state index >= 15 is 0 Å². The van der Waals surface area contributed by atoms with E-state index in [0.717, 1.165) is 24.8 Å². The first kappa shape index (κ1) is 10.9. The summed E-state index contributed by atoms with van der Waals surface area (Å²) >= 11 is 0. The smallest absolute Gasteiger partial charge is 0.0621 e. The van der Waals surface area contributed by atoms with Crippen molar-refractivity contribution in [3.8, 4) is 6.07 Å². The normalized spacial score (nSPS) is 31.1. The quantitative estimate of drug-likeness (QED) is 0.708. The van der Waals surface area contributed by atoms with E-state index in [2.05, 4.69) is 16.3 Å². The molecule has 2 rings (SSSR count). The van der Waals surface area contributed by atoms with Crippen LogP contribution in [0.3, 0.4) is 0 Å². The zero-order valence-corrected chi connectivity index (χ0v) is 9.41. The Morgan fingerprint density at radius 3 is 3.07 bits per heavy atom. The van der Waals surface area contributed by atoms with E-state index in [4.69, 9.17) is 5.26 Å². The lowest BCUT2D eigenvalue weighted by molar-refractivity contribution is 0.313. The van der Waals surface area contributed by atoms with Gasteiger partial charge in [-0.1, -0.05) is 0 Å². The molecule has 0 aromatic heterocycles. The standard InChI is InChI=1S/C12H21N3/c13-6-2-1-3-8-15-9-11-5-4-7-14-12(11)10-15/h11-12,14H,1-5,7-10H2. The molecular weight excluding hydrogens is 186 g/mol. The van der Waals surface area contributed by atoms with E-state index in [0.29, 0.717) is 0 Å². The number of fused-ring (bicyclic) bond motifs is 1. The number of rotatable bonds is 4. The van der Waals surface area contributed by atoms with Gasteiger partial charge in [-0.25, -0.2) is 0 Å². The van der Waals surface area contributed by atoms with Gasteiger partial charge in [0.05, 0.1) is 6.07 Å². The number of unbranched alkanes of at least 4 members (excludes halogenated alkanes) is 2. The first-order valence-electron chi connectivity index (χ1n) is 6.23. The van der Waals surface area contributed by atoms with E-state index < -0.39 is 0 Å². The molecule has 0 aromatic rings. The Balaban J connectivity index is 1.66. The third-order valence-corrected chi connectivity index (χ3v) is 3.69. The van der Waals surface area contributed by atoms with Gasteiger partial charge in [-0.3, -0.25) is 0 Å². The van der Waals surface area contributed by atoms with Crippen molar-refractivity contribution in [2.45, 2.75) is 38.1 Å². The molecule has 2 saturated heterocycles. The average molecular weight is 207 g/mol. The van der Waals surface area contributed by atoms with Crippen LogP contribution in [0, 0.1) is 17.2 Å². The van der Waals surface area contributed by atoms with Gasteiger partial charge in [-0.2, -0.15) is 5.26 Å². The minimum atomic E-state index is 0.721. The second-order valence-electron chi connectivity index (χ2n) is 4.84. The van der Waals surface area contributed by atoms with Gasteiger partial charge in [-0.05, 0) is 44.7 Å². The van der Waals surface area contributed by atoms with Crippen molar-refractivity contribution in [2.24, 2.45) is 5.92 Å². The molecule has 3 nitrogen and oxygen atoms in total. The highest BCUT2D eigenvalue weighted by Crippen LogP contribution is 2.24. The largest absolute Gasteiger partial charge is 0.312 e. The Bertz CT molecular complexity index is 220. The summed E-state index contributed by atoms with van der Waals surface area (Å²) in [6, 6.07) is 2.97. The second kappa shape index (κ2) is 5.48. The first-order valence-corrected chi connectivity index (χ1v) is 6.23. The molecule has 0 saturated carbocycles. The number of hydrogen-bond acceptors (Lipinski definition) is 3. The van der Waals surface area contributed by atoms with Crippen molar-refractivity contribution in [1.82, 2.24) is 10.2 Å². The van der Waals surface area contributed by atoms with E-state index in [1.54, 1.807) is 0 Å². The zero-order chi connectivity index (χ0) is 10.5. The topological polar surface area (TPSA) is 39.1 Å². The lowest BCUT2D eigenvalue weighted by Gasteiger charge is -2.24. The summed E-state index contributed by atoms with van der Waals surface area (Å²) < 4.78 is 0. The molecule has 0 spiro atoms. The molecule has 0 amide bonds. The average Bonchev–Trinajstić information content (AvgIpc) is 2.67. The maximum atomic E-state index is 8.45. The number of hydrogen-bond donors (Lipinski definition) is 1. The number of nitriles is 1. The van der Waals surface area contributed by atoms with E-state index in [1.807, 2.05) is 0 Å². The molecule has 0 aliphatic carbocycles. The van der Waals surface area contributed by atoms with Crippen molar-refractivity contribution in [3.05, 3.63) is 0 Å². The Kier molecular flexibility index (Phi) is 3.99. The zero-order valence-electron chi connectivity index (χ0n) is 9.41. The highest BCUT2D eigenvalue weighted by atomic mass is 15.2. The number of piperidine rings is 1. The maximum absolute atomic E-state index is 8.45. The van der Waals surface area contributed by atoms with Crippen LogP contribution in [0.4, 0.5) is 0 Å². The third-order valence-electron chi connectivity index (χ3n) is 3.69. The first-order chi connectivity index (χ1) is 7.40. The molecule has 1 N–H and O–H groups in total. The van der Waals surface area contributed by atoms with Crippen LogP contribution in [-0.4, -0.2) is 37.1 Å². The molecule has 84 valence electrons. The van der Waals surface area contributed by atoms with Gasteiger partial charge in [0.15, 0.2) is 0 Å². The number of likely N-dealkylation sites (tertiary alicyclic amines) is 1. The molecule has 2 atom stereocenters. The summed E-state index contributed by atoms with van der Waals surface area (Å²) in [5.41, 5.74) is 0. The highest BCUT2D eigenvalue weighted by Gasteiger charge is 2.33. The van der Waals surface area contributed by atoms with E-state index in [9.17, 15) is 0 Å². The van der Waals surface area contributed by atoms with E-state index in [1.165, 1.54) is 45.4 Å². The molecule has 3 heteroatoms. The molecule has 2 unspecified atom stereocenters. The van der Waals surface area contributed by atoms with Crippen molar-refractivity contribution in [3.63, 3.8) is 0 Å². The second-order valence-corrected chi connectivity index (χ2v) is 4.84. The predicted molar refractivity (Wildman–Crippen MR) is 60.4 cm³/mol. The van der Waals surface area contributed by atoms with Gasteiger partial charge in [0.25, 0.3) is 0 Å². The van der Waals surface area contributed by atoms with Crippen LogP contribution in [0.5, 0.6) is 0 Å². The van der Waals surface area contributed by atoms with Crippen LogP contribution in [-0.2, 0) is 0 Å². The fraction of sp³-hybridized carbons (Fsp3) is 0.917. The summed E-state index contributed by atoms with van der Waals surface area (Å²) in [7, 11) is 0. The molecule has 2 aliphatic rings. The molecule has 0 radical (unpaired) electrons. The Morgan fingerprint density at radius 1 is 1.33 bits per heavy atom. The van der Waals surface area contributed by atoms with Crippen molar-refractivity contribution in [2.75, 3.05) is 26.2 Å². The Labute approximate surface area is 92.4 Å². The van der Waals surface area contributed by atoms with Crippen LogP contribution in [0.25, 0.3) is 0 Å². The van der Waals surface area contributed by atoms with Crippen molar-refractivity contribution < 1.29 is 0 Å². The van der Waals surface area contributed by atoms with Crippen molar-refractivity contribution >= 4 is 0 Å². The van der Waals surface area contributed by atoms with Crippen LogP contribution in [0.1, 0.15) is 32.1 Å². The van der Waals surface area contributed by atoms with Gasteiger partial charge >= 0.3 is 0 Å². The molecule has 2 fully saturated rings.